The van der Waals surface area contributed by atoms with Gasteiger partial charge in [0.1, 0.15) is 5.82 Å². The number of allylic oxidation sites excluding steroid dienone is 4. The molecule has 52 heavy (non-hydrogen) atoms. The maximum absolute atomic E-state index is 13.8. The van der Waals surface area contributed by atoms with Gasteiger partial charge < -0.3 is 18.9 Å². The molecule has 4 rings (SSSR count). The summed E-state index contributed by atoms with van der Waals surface area (Å²) in [6.45, 7) is 7.15. The third kappa shape index (κ3) is 10.2. The van der Waals surface area contributed by atoms with Crippen molar-refractivity contribution in [1.29, 1.82) is 0 Å². The fourth-order valence-corrected chi connectivity index (χ4v) is 6.93. The van der Waals surface area contributed by atoms with Crippen molar-refractivity contribution in [2.75, 3.05) is 34.4 Å². The first-order chi connectivity index (χ1) is 23.6. The minimum Gasteiger partial charge on any atom is -0.748 e. The maximum Gasteiger partial charge on any atom is 1.00 e. The SMILES string of the molecule is C=C[n+]1c(\C=C/C(C)=C\C=C2/N(CC)c3cc(Cl)c(C(F)(F)F)cc3N2CCCS(=O)(=O)[O-])n(CCCS(=O)(=O)[O-])c2cc(C(F)(F)F)ccc21.[Li+]. The first-order valence-corrected chi connectivity index (χ1v) is 18.8. The van der Waals surface area contributed by atoms with Gasteiger partial charge in [0.15, 0.2) is 11.0 Å². The summed E-state index contributed by atoms with van der Waals surface area (Å²) in [6.07, 6.45) is -2.20. The zero-order valence-electron chi connectivity index (χ0n) is 28.1. The molecule has 3 aromatic rings. The summed E-state index contributed by atoms with van der Waals surface area (Å²) in [5.74, 6) is -0.856. The van der Waals surface area contributed by atoms with Crippen LogP contribution in [0.4, 0.5) is 37.7 Å². The monoisotopic (exact) mass is 788 g/mol. The second-order valence-electron chi connectivity index (χ2n) is 11.5. The van der Waals surface area contributed by atoms with E-state index in [0.29, 0.717) is 28.4 Å². The molecule has 0 fully saturated rings. The fourth-order valence-electron chi connectivity index (χ4n) is 5.70. The van der Waals surface area contributed by atoms with Crippen molar-refractivity contribution in [3.63, 3.8) is 0 Å². The number of nitrogens with zero attached hydrogens (tertiary/aromatic N) is 4. The van der Waals surface area contributed by atoms with Crippen LogP contribution in [0.3, 0.4) is 0 Å². The Kier molecular flexibility index (Phi) is 13.6. The second-order valence-corrected chi connectivity index (χ2v) is 14.9. The van der Waals surface area contributed by atoms with Gasteiger partial charge in [0, 0.05) is 36.7 Å². The molecule has 0 spiro atoms. The molecule has 1 aliphatic rings. The average molecular weight is 789 g/mol. The standard InChI is InChI=1S/C32H33ClF6N4O6S2.Li/c1-4-40-25-11-10-22(31(34,35)36)18-26(25)42(14-6-16-50(44,45)46)29(40)12-8-21(3)9-13-30-41(5-2)28-20-24(33)23(32(37,38)39)19-27(28)43(30)15-7-17-51(47,48)49;/h4,8-13,18-20H,1,5-7,14-17H2,2-3H3,(H-,44,45,46,47,48,49);/q;+1/p-1. The van der Waals surface area contributed by atoms with Gasteiger partial charge >= 0.3 is 31.2 Å². The van der Waals surface area contributed by atoms with Gasteiger partial charge in [-0.05, 0) is 57.0 Å². The number of aryl methyl sites for hydroxylation is 1. The summed E-state index contributed by atoms with van der Waals surface area (Å²) in [5, 5.41) is -0.543. The van der Waals surface area contributed by atoms with Crippen LogP contribution in [0.15, 0.2) is 66.5 Å². The summed E-state index contributed by atoms with van der Waals surface area (Å²) in [6, 6.07) is 5.06. The Hall–Kier alpha value is -3.24. The van der Waals surface area contributed by atoms with Crippen molar-refractivity contribution >= 4 is 66.5 Å². The van der Waals surface area contributed by atoms with Gasteiger partial charge in [0.25, 0.3) is 5.82 Å². The van der Waals surface area contributed by atoms with Crippen LogP contribution in [0.2, 0.25) is 5.02 Å². The molecule has 1 aromatic heterocycles. The Labute approximate surface area is 314 Å². The van der Waals surface area contributed by atoms with E-state index in [2.05, 4.69) is 6.58 Å². The minimum absolute atomic E-state index is 0. The van der Waals surface area contributed by atoms with Gasteiger partial charge in [-0.1, -0.05) is 35.9 Å². The second kappa shape index (κ2) is 16.4. The minimum atomic E-state index is -4.79. The Morgan fingerprint density at radius 3 is 2.06 bits per heavy atom. The number of halogens is 7. The number of alkyl halides is 6. The van der Waals surface area contributed by atoms with E-state index in [-0.39, 0.29) is 62.5 Å². The van der Waals surface area contributed by atoms with Crippen LogP contribution in [-0.2, 0) is 39.1 Å². The number of imidazole rings is 1. The van der Waals surface area contributed by atoms with E-state index < -0.39 is 60.2 Å². The van der Waals surface area contributed by atoms with Crippen LogP contribution in [0.25, 0.3) is 23.3 Å². The molecule has 0 radical (unpaired) electrons. The largest absolute Gasteiger partial charge is 1.00 e. The topological polar surface area (TPSA) is 130 Å². The zero-order valence-corrected chi connectivity index (χ0v) is 30.5. The molecule has 0 saturated heterocycles. The third-order valence-corrected chi connectivity index (χ3v) is 9.81. The number of benzene rings is 2. The summed E-state index contributed by atoms with van der Waals surface area (Å²) < 4.78 is 153. The molecule has 0 N–H and O–H groups in total. The van der Waals surface area contributed by atoms with Crippen LogP contribution in [-0.4, -0.2) is 55.1 Å². The summed E-state index contributed by atoms with van der Waals surface area (Å²) in [7, 11) is -9.22. The van der Waals surface area contributed by atoms with Crippen molar-refractivity contribution in [2.24, 2.45) is 0 Å². The predicted octanol–water partition coefficient (Wildman–Crippen LogP) is 3.74. The molecule has 1 aliphatic heterocycles. The molecule has 0 unspecified atom stereocenters. The van der Waals surface area contributed by atoms with E-state index in [1.54, 1.807) is 37.0 Å². The van der Waals surface area contributed by atoms with Crippen molar-refractivity contribution < 1.29 is 75.7 Å². The van der Waals surface area contributed by atoms with E-state index in [0.717, 1.165) is 24.3 Å². The zero-order chi connectivity index (χ0) is 38.1. The molecule has 0 atom stereocenters. The Balaban J connectivity index is 0.00000729. The van der Waals surface area contributed by atoms with Gasteiger partial charge in [0.05, 0.1) is 60.5 Å². The molecule has 2 aromatic carbocycles. The molecule has 2 heterocycles. The molecular formula is C32H32ClF6LiN4O6S2. The number of hydrogen-bond acceptors (Lipinski definition) is 8. The molecule has 10 nitrogen and oxygen atoms in total. The summed E-state index contributed by atoms with van der Waals surface area (Å²) in [4.78, 5) is 3.11. The van der Waals surface area contributed by atoms with Crippen LogP contribution < -0.4 is 33.2 Å². The van der Waals surface area contributed by atoms with Crippen molar-refractivity contribution in [3.05, 3.63) is 88.5 Å². The Morgan fingerprint density at radius 1 is 0.923 bits per heavy atom. The Bertz CT molecular complexity index is 2150. The first-order valence-electron chi connectivity index (χ1n) is 15.2. The molecule has 278 valence electrons. The molecule has 0 aliphatic carbocycles. The third-order valence-electron chi connectivity index (χ3n) is 7.92. The van der Waals surface area contributed by atoms with Gasteiger partial charge in [-0.3, -0.25) is 0 Å². The molecular weight excluding hydrogens is 757 g/mol. The van der Waals surface area contributed by atoms with Crippen molar-refractivity contribution in [2.45, 2.75) is 45.6 Å². The number of fused-ring (bicyclic) bond motifs is 2. The number of rotatable bonds is 13. The quantitative estimate of drug-likeness (QED) is 0.0843. The van der Waals surface area contributed by atoms with Crippen LogP contribution in [0, 0.1) is 0 Å². The van der Waals surface area contributed by atoms with Crippen molar-refractivity contribution in [1.82, 2.24) is 4.57 Å². The van der Waals surface area contributed by atoms with E-state index in [4.69, 9.17) is 11.6 Å². The van der Waals surface area contributed by atoms with Crippen LogP contribution in [0.5, 0.6) is 0 Å². The first kappa shape index (κ1) is 43.2. The van der Waals surface area contributed by atoms with E-state index in [1.807, 2.05) is 0 Å². The van der Waals surface area contributed by atoms with E-state index in [1.165, 1.54) is 32.4 Å². The number of aromatic nitrogens is 2. The smallest absolute Gasteiger partial charge is 0.748 e. The summed E-state index contributed by atoms with van der Waals surface area (Å²) in [5.41, 5.74) is -0.664. The van der Waals surface area contributed by atoms with Gasteiger partial charge in [-0.15, -0.1) is 0 Å². The van der Waals surface area contributed by atoms with Gasteiger partial charge in [0.2, 0.25) is 0 Å². The fraction of sp³-hybridized carbons (Fsp3) is 0.344. The van der Waals surface area contributed by atoms with E-state index in [9.17, 15) is 52.3 Å². The Morgan fingerprint density at radius 2 is 1.52 bits per heavy atom. The molecule has 20 heteroatoms. The van der Waals surface area contributed by atoms with Crippen LogP contribution in [0.1, 0.15) is 43.6 Å². The number of hydrogen-bond donors (Lipinski definition) is 0. The normalized spacial score (nSPS) is 15.2. The maximum atomic E-state index is 13.8. The van der Waals surface area contributed by atoms with Crippen LogP contribution >= 0.6 is 11.6 Å². The molecule has 0 saturated carbocycles. The summed E-state index contributed by atoms with van der Waals surface area (Å²) >= 11 is 6.01. The average Bonchev–Trinajstić information content (AvgIpc) is 3.46. The molecule has 0 amide bonds. The van der Waals surface area contributed by atoms with E-state index >= 15 is 0 Å². The predicted molar refractivity (Wildman–Crippen MR) is 180 cm³/mol. The van der Waals surface area contributed by atoms with Crippen molar-refractivity contribution in [3.8, 4) is 0 Å². The number of anilines is 2. The van der Waals surface area contributed by atoms with Gasteiger partial charge in [-0.25, -0.2) is 21.4 Å². The van der Waals surface area contributed by atoms with Gasteiger partial charge in [-0.2, -0.15) is 30.9 Å². The molecule has 0 bridgehead atoms.